The van der Waals surface area contributed by atoms with E-state index in [1.165, 1.54) is 24.3 Å². The number of likely N-dealkylation sites (N-methyl/N-ethyl adjacent to an activating group) is 1. The molecule has 4 rings (SSSR count). The minimum atomic E-state index is -0.765. The molecule has 0 radical (unpaired) electrons. The third kappa shape index (κ3) is 3.81. The number of benzene rings is 2. The number of hydrogen-bond acceptors (Lipinski definition) is 6. The number of β-amino-alcohol motifs (C(OH)–C–C–N with tert-alkyl or cyclic N) is 1. The molecule has 2 heterocycles. The molecule has 2 aromatic carbocycles. The maximum absolute atomic E-state index is 13.4. The molecular weight excluding hydrogens is 389 g/mol. The molecular formula is C23H22FNO5. The number of aliphatic hydroxyl groups excluding tert-OH is 1. The van der Waals surface area contributed by atoms with Crippen LogP contribution in [0, 0.1) is 5.82 Å². The number of phenols is 2. The van der Waals surface area contributed by atoms with Crippen LogP contribution >= 0.6 is 0 Å². The van der Waals surface area contributed by atoms with E-state index in [2.05, 4.69) is 0 Å². The number of aliphatic hydroxyl groups is 1. The van der Waals surface area contributed by atoms with E-state index in [9.17, 15) is 24.5 Å². The van der Waals surface area contributed by atoms with Crippen LogP contribution in [-0.2, 0) is 0 Å². The van der Waals surface area contributed by atoms with Gasteiger partial charge in [0, 0.05) is 30.2 Å². The smallest absolute Gasteiger partial charge is 0.197 e. The van der Waals surface area contributed by atoms with Crippen molar-refractivity contribution in [2.24, 2.45) is 0 Å². The largest absolute Gasteiger partial charge is 0.507 e. The fraction of sp³-hybridized carbons (Fsp3) is 0.261. The van der Waals surface area contributed by atoms with Gasteiger partial charge >= 0.3 is 0 Å². The summed E-state index contributed by atoms with van der Waals surface area (Å²) in [4.78, 5) is 14.7. The van der Waals surface area contributed by atoms with Crippen molar-refractivity contribution in [3.05, 3.63) is 69.3 Å². The van der Waals surface area contributed by atoms with Crippen LogP contribution in [0.3, 0.4) is 0 Å². The van der Waals surface area contributed by atoms with Gasteiger partial charge in [0.2, 0.25) is 0 Å². The van der Waals surface area contributed by atoms with E-state index >= 15 is 0 Å². The van der Waals surface area contributed by atoms with Gasteiger partial charge in [0.1, 0.15) is 34.0 Å². The van der Waals surface area contributed by atoms with Crippen molar-refractivity contribution in [2.75, 3.05) is 20.1 Å². The molecule has 0 aliphatic carbocycles. The highest BCUT2D eigenvalue weighted by atomic mass is 19.1. The summed E-state index contributed by atoms with van der Waals surface area (Å²) in [5.74, 6) is -1.27. The van der Waals surface area contributed by atoms with Crippen LogP contribution in [0.25, 0.3) is 23.1 Å². The summed E-state index contributed by atoms with van der Waals surface area (Å²) in [6, 6.07) is 8.29. The van der Waals surface area contributed by atoms with Crippen molar-refractivity contribution in [2.45, 2.75) is 18.4 Å². The topological polar surface area (TPSA) is 94.1 Å². The van der Waals surface area contributed by atoms with E-state index < -0.39 is 17.5 Å². The van der Waals surface area contributed by atoms with Crippen molar-refractivity contribution < 1.29 is 24.1 Å². The van der Waals surface area contributed by atoms with Crippen molar-refractivity contribution in [3.8, 4) is 11.5 Å². The summed E-state index contributed by atoms with van der Waals surface area (Å²) in [5, 5.41) is 31.3. The highest BCUT2D eigenvalue weighted by Gasteiger charge is 2.32. The second-order valence-electron chi connectivity index (χ2n) is 7.66. The van der Waals surface area contributed by atoms with Crippen molar-refractivity contribution >= 4 is 23.1 Å². The molecule has 0 amide bonds. The molecule has 1 fully saturated rings. The predicted octanol–water partition coefficient (Wildman–Crippen LogP) is 3.29. The number of hydrogen-bond donors (Lipinski definition) is 3. The van der Waals surface area contributed by atoms with Crippen molar-refractivity contribution in [1.82, 2.24) is 4.90 Å². The molecule has 3 N–H and O–H groups in total. The van der Waals surface area contributed by atoms with Crippen molar-refractivity contribution in [1.29, 1.82) is 0 Å². The Labute approximate surface area is 172 Å². The van der Waals surface area contributed by atoms with E-state index in [0.717, 1.165) is 6.07 Å². The van der Waals surface area contributed by atoms with Crippen LogP contribution in [0.4, 0.5) is 4.39 Å². The monoisotopic (exact) mass is 411 g/mol. The van der Waals surface area contributed by atoms with Gasteiger partial charge in [-0.1, -0.05) is 18.2 Å². The molecule has 30 heavy (non-hydrogen) atoms. The molecule has 2 atom stereocenters. The Morgan fingerprint density at radius 3 is 2.70 bits per heavy atom. The zero-order chi connectivity index (χ0) is 21.4. The number of nitrogens with zero attached hydrogens (tertiary/aromatic N) is 1. The Hall–Kier alpha value is -3.16. The lowest BCUT2D eigenvalue weighted by Gasteiger charge is -2.34. The molecule has 7 heteroatoms. The average Bonchev–Trinajstić information content (AvgIpc) is 2.67. The molecule has 0 spiro atoms. The van der Waals surface area contributed by atoms with Gasteiger partial charge in [-0.05, 0) is 43.8 Å². The third-order valence-corrected chi connectivity index (χ3v) is 5.46. The predicted molar refractivity (Wildman–Crippen MR) is 112 cm³/mol. The molecule has 0 bridgehead atoms. The number of fused-ring (bicyclic) bond motifs is 1. The van der Waals surface area contributed by atoms with Crippen LogP contribution in [0.15, 0.2) is 45.6 Å². The Bertz CT molecular complexity index is 1190. The fourth-order valence-corrected chi connectivity index (χ4v) is 4.00. The summed E-state index contributed by atoms with van der Waals surface area (Å²) in [5.41, 5.74) is 0.466. The first kappa shape index (κ1) is 20.1. The summed E-state index contributed by atoms with van der Waals surface area (Å²) in [6.45, 7) is 1.11. The Balaban J connectivity index is 1.85. The number of rotatable bonds is 3. The van der Waals surface area contributed by atoms with E-state index in [1.54, 1.807) is 18.2 Å². The summed E-state index contributed by atoms with van der Waals surface area (Å²) < 4.78 is 19.3. The second-order valence-corrected chi connectivity index (χ2v) is 7.66. The lowest BCUT2D eigenvalue weighted by atomic mass is 9.85. The highest BCUT2D eigenvalue weighted by Crippen LogP contribution is 2.41. The molecule has 3 aromatic rings. The minimum Gasteiger partial charge on any atom is -0.507 e. The first-order chi connectivity index (χ1) is 14.3. The van der Waals surface area contributed by atoms with Gasteiger partial charge in [0.15, 0.2) is 5.43 Å². The first-order valence-electron chi connectivity index (χ1n) is 9.66. The zero-order valence-electron chi connectivity index (χ0n) is 16.4. The van der Waals surface area contributed by atoms with Gasteiger partial charge in [0.25, 0.3) is 0 Å². The minimum absolute atomic E-state index is 0.0446. The molecule has 156 valence electrons. The Morgan fingerprint density at radius 1 is 1.17 bits per heavy atom. The van der Waals surface area contributed by atoms with Crippen LogP contribution in [-0.4, -0.2) is 46.5 Å². The zero-order valence-corrected chi connectivity index (χ0v) is 16.4. The first-order valence-corrected chi connectivity index (χ1v) is 9.66. The number of phenolic OH excluding ortho intramolecular Hbond substituents is 2. The molecule has 1 aromatic heterocycles. The molecule has 1 aliphatic heterocycles. The Kier molecular flexibility index (Phi) is 5.32. The molecule has 1 aliphatic rings. The summed E-state index contributed by atoms with van der Waals surface area (Å²) in [6.07, 6.45) is 2.91. The van der Waals surface area contributed by atoms with E-state index in [-0.39, 0.29) is 34.0 Å². The molecule has 0 saturated carbocycles. The van der Waals surface area contributed by atoms with Crippen molar-refractivity contribution in [3.63, 3.8) is 0 Å². The van der Waals surface area contributed by atoms with Gasteiger partial charge in [-0.3, -0.25) is 4.79 Å². The van der Waals surface area contributed by atoms with Gasteiger partial charge < -0.3 is 24.6 Å². The fourth-order valence-electron chi connectivity index (χ4n) is 4.00. The van der Waals surface area contributed by atoms with E-state index in [4.69, 9.17) is 4.42 Å². The average molecular weight is 411 g/mol. The van der Waals surface area contributed by atoms with Crippen LogP contribution < -0.4 is 5.43 Å². The maximum Gasteiger partial charge on any atom is 0.197 e. The van der Waals surface area contributed by atoms with E-state index in [1.807, 2.05) is 11.9 Å². The van der Waals surface area contributed by atoms with E-state index in [0.29, 0.717) is 30.6 Å². The van der Waals surface area contributed by atoms with Gasteiger partial charge in [-0.2, -0.15) is 0 Å². The highest BCUT2D eigenvalue weighted by molar-refractivity contribution is 5.89. The molecule has 2 unspecified atom stereocenters. The summed E-state index contributed by atoms with van der Waals surface area (Å²) >= 11 is 0. The molecule has 1 saturated heterocycles. The Morgan fingerprint density at radius 2 is 1.97 bits per heavy atom. The SMILES string of the molecule is CN1CCC(c2c(O)cc(O)c3c(=O)cc(C=Cc4cccc(F)c4)oc23)C(O)C1. The quantitative estimate of drug-likeness (QED) is 0.612. The standard InChI is InChI=1S/C23H22FNO5/c1-25-8-7-16(20(29)12-25)21-18(27)11-19(28)22-17(26)10-15(30-23(21)22)6-5-13-3-2-4-14(24)9-13/h2-6,9-11,16,20,27-29H,7-8,12H2,1H3. The third-order valence-electron chi connectivity index (χ3n) is 5.46. The number of halogens is 1. The lowest BCUT2D eigenvalue weighted by Crippen LogP contribution is -2.40. The normalized spacial score (nSPS) is 20.2. The molecule has 6 nitrogen and oxygen atoms in total. The maximum atomic E-state index is 13.4. The van der Waals surface area contributed by atoms with Gasteiger partial charge in [-0.15, -0.1) is 0 Å². The van der Waals surface area contributed by atoms with Gasteiger partial charge in [0.05, 0.1) is 6.10 Å². The second kappa shape index (κ2) is 7.93. The van der Waals surface area contributed by atoms with Crippen LogP contribution in [0.1, 0.15) is 29.2 Å². The van der Waals surface area contributed by atoms with Crippen LogP contribution in [0.5, 0.6) is 11.5 Å². The number of piperidine rings is 1. The summed E-state index contributed by atoms with van der Waals surface area (Å²) in [7, 11) is 1.89. The lowest BCUT2D eigenvalue weighted by molar-refractivity contribution is 0.0630. The number of likely N-dealkylation sites (tertiary alicyclic amines) is 1. The number of aromatic hydroxyl groups is 2. The van der Waals surface area contributed by atoms with Gasteiger partial charge in [-0.25, -0.2) is 4.39 Å². The van der Waals surface area contributed by atoms with Crippen LogP contribution in [0.2, 0.25) is 0 Å².